The number of carboxylic acid groups (broad SMARTS) is 2. The number of carbonyl (C=O) groups is 2. The number of benzene rings is 1. The van der Waals surface area contributed by atoms with Gasteiger partial charge in [-0.2, -0.15) is 4.31 Å². The van der Waals surface area contributed by atoms with Crippen molar-refractivity contribution in [2.45, 2.75) is 10.9 Å². The minimum absolute atomic E-state index is 0.128. The van der Waals surface area contributed by atoms with E-state index in [2.05, 4.69) is 5.32 Å². The Labute approximate surface area is 121 Å². The Morgan fingerprint density at radius 3 is 2.62 bits per heavy atom. The monoisotopic (exact) mass is 314 g/mol. The number of sulfonamides is 1. The van der Waals surface area contributed by atoms with Crippen LogP contribution in [0.25, 0.3) is 0 Å². The summed E-state index contributed by atoms with van der Waals surface area (Å²) in [7, 11) is -3.92. The largest absolute Gasteiger partial charge is 0.480 e. The average Bonchev–Trinajstić information content (AvgIpc) is 2.47. The van der Waals surface area contributed by atoms with Crippen molar-refractivity contribution in [1.82, 2.24) is 9.62 Å². The molecule has 0 spiro atoms. The van der Waals surface area contributed by atoms with Crippen molar-refractivity contribution in [3.8, 4) is 0 Å². The predicted octanol–water partition coefficient (Wildman–Crippen LogP) is -0.568. The molecule has 1 aliphatic rings. The molecule has 0 unspecified atom stereocenters. The number of piperazine rings is 1. The van der Waals surface area contributed by atoms with Crippen LogP contribution in [0.15, 0.2) is 29.2 Å². The fourth-order valence-electron chi connectivity index (χ4n) is 2.05. The molecule has 114 valence electrons. The van der Waals surface area contributed by atoms with Crippen LogP contribution in [0.4, 0.5) is 0 Å². The summed E-state index contributed by atoms with van der Waals surface area (Å²) in [6.45, 7) is 0.146. The van der Waals surface area contributed by atoms with Gasteiger partial charge in [0.25, 0.3) is 0 Å². The van der Waals surface area contributed by atoms with Gasteiger partial charge in [0.1, 0.15) is 6.04 Å². The van der Waals surface area contributed by atoms with Gasteiger partial charge in [0, 0.05) is 19.6 Å². The molecule has 0 radical (unpaired) electrons. The van der Waals surface area contributed by atoms with E-state index >= 15 is 0 Å². The molecule has 9 heteroatoms. The molecular weight excluding hydrogens is 300 g/mol. The highest BCUT2D eigenvalue weighted by Gasteiger charge is 2.33. The first kappa shape index (κ1) is 15.4. The fourth-order valence-corrected chi connectivity index (χ4v) is 3.55. The number of hydrogen-bond acceptors (Lipinski definition) is 5. The summed E-state index contributed by atoms with van der Waals surface area (Å²) in [6.07, 6.45) is 0. The highest BCUT2D eigenvalue weighted by Crippen LogP contribution is 2.18. The van der Waals surface area contributed by atoms with E-state index in [-0.39, 0.29) is 30.1 Å². The van der Waals surface area contributed by atoms with Crippen LogP contribution in [-0.2, 0) is 14.8 Å². The van der Waals surface area contributed by atoms with Gasteiger partial charge < -0.3 is 15.5 Å². The lowest BCUT2D eigenvalue weighted by atomic mass is 10.2. The van der Waals surface area contributed by atoms with E-state index in [4.69, 9.17) is 10.2 Å². The lowest BCUT2D eigenvalue weighted by Gasteiger charge is -2.30. The Morgan fingerprint density at radius 2 is 2.00 bits per heavy atom. The first-order chi connectivity index (χ1) is 9.82. The summed E-state index contributed by atoms with van der Waals surface area (Å²) >= 11 is 0. The summed E-state index contributed by atoms with van der Waals surface area (Å²) in [6, 6.07) is 4.01. The molecule has 21 heavy (non-hydrogen) atoms. The van der Waals surface area contributed by atoms with Crippen LogP contribution in [0.2, 0.25) is 0 Å². The third-order valence-corrected chi connectivity index (χ3v) is 5.02. The second kappa shape index (κ2) is 5.80. The van der Waals surface area contributed by atoms with Crippen molar-refractivity contribution in [1.29, 1.82) is 0 Å². The van der Waals surface area contributed by atoms with Crippen LogP contribution in [0.1, 0.15) is 10.4 Å². The van der Waals surface area contributed by atoms with Crippen molar-refractivity contribution in [3.63, 3.8) is 0 Å². The lowest BCUT2D eigenvalue weighted by molar-refractivity contribution is -0.140. The number of carboxylic acids is 2. The van der Waals surface area contributed by atoms with Crippen molar-refractivity contribution in [3.05, 3.63) is 29.8 Å². The number of hydrogen-bond donors (Lipinski definition) is 3. The van der Waals surface area contributed by atoms with E-state index in [0.29, 0.717) is 0 Å². The van der Waals surface area contributed by atoms with Gasteiger partial charge in [0.2, 0.25) is 10.0 Å². The van der Waals surface area contributed by atoms with Crippen molar-refractivity contribution in [2.24, 2.45) is 0 Å². The van der Waals surface area contributed by atoms with E-state index in [1.165, 1.54) is 18.2 Å². The molecule has 2 rings (SSSR count). The molecule has 0 saturated carbocycles. The normalized spacial score (nSPS) is 20.1. The van der Waals surface area contributed by atoms with E-state index < -0.39 is 28.0 Å². The van der Waals surface area contributed by atoms with Gasteiger partial charge in [-0.15, -0.1) is 0 Å². The number of rotatable bonds is 4. The molecule has 0 amide bonds. The molecule has 0 bridgehead atoms. The first-order valence-corrected chi connectivity index (χ1v) is 7.56. The molecule has 1 aromatic carbocycles. The molecule has 3 N–H and O–H groups in total. The zero-order valence-electron chi connectivity index (χ0n) is 10.9. The topological polar surface area (TPSA) is 124 Å². The van der Waals surface area contributed by atoms with Crippen molar-refractivity contribution < 1.29 is 28.2 Å². The number of nitrogens with one attached hydrogen (secondary N) is 1. The van der Waals surface area contributed by atoms with Crippen LogP contribution in [0, 0.1) is 0 Å². The number of nitrogens with zero attached hydrogens (tertiary/aromatic N) is 1. The van der Waals surface area contributed by atoms with Crippen LogP contribution in [0.3, 0.4) is 0 Å². The van der Waals surface area contributed by atoms with E-state index in [0.717, 1.165) is 10.4 Å². The minimum atomic E-state index is -3.92. The standard InChI is InChI=1S/C12H14N2O6S/c15-11(16)8-2-1-3-9(6-8)21(19,20)14-5-4-13-10(7-14)12(17)18/h1-3,6,10,13H,4-5,7H2,(H,15,16)(H,17,18)/t10-/m1/s1. The second-order valence-corrected chi connectivity index (χ2v) is 6.48. The molecule has 1 fully saturated rings. The van der Waals surface area contributed by atoms with Gasteiger partial charge in [0.05, 0.1) is 10.5 Å². The molecule has 1 aromatic rings. The summed E-state index contributed by atoms with van der Waals surface area (Å²) in [5.74, 6) is -2.36. The molecule has 0 aliphatic carbocycles. The summed E-state index contributed by atoms with van der Waals surface area (Å²) in [4.78, 5) is 21.7. The lowest BCUT2D eigenvalue weighted by Crippen LogP contribution is -2.55. The first-order valence-electron chi connectivity index (χ1n) is 6.12. The summed E-state index contributed by atoms with van der Waals surface area (Å²) < 4.78 is 25.9. The van der Waals surface area contributed by atoms with Gasteiger partial charge in [0.15, 0.2) is 0 Å². The zero-order chi connectivity index (χ0) is 15.6. The molecular formula is C12H14N2O6S. The van der Waals surface area contributed by atoms with E-state index in [1.54, 1.807) is 0 Å². The van der Waals surface area contributed by atoms with E-state index in [9.17, 15) is 18.0 Å². The number of aromatic carboxylic acids is 1. The predicted molar refractivity (Wildman–Crippen MR) is 71.6 cm³/mol. The van der Waals surface area contributed by atoms with Gasteiger partial charge in [-0.1, -0.05) is 6.07 Å². The molecule has 0 aromatic heterocycles. The Hall–Kier alpha value is -1.97. The summed E-state index contributed by atoms with van der Waals surface area (Å²) in [5, 5.41) is 20.6. The Kier molecular flexibility index (Phi) is 4.26. The summed E-state index contributed by atoms with van der Waals surface area (Å²) in [5.41, 5.74) is -0.138. The van der Waals surface area contributed by atoms with E-state index in [1.807, 2.05) is 0 Å². The Bertz CT molecular complexity index is 672. The maximum atomic E-state index is 12.4. The van der Waals surface area contributed by atoms with Crippen molar-refractivity contribution in [2.75, 3.05) is 19.6 Å². The molecule has 1 atom stereocenters. The van der Waals surface area contributed by atoms with Crippen LogP contribution < -0.4 is 5.32 Å². The zero-order valence-corrected chi connectivity index (χ0v) is 11.7. The number of aliphatic carboxylic acids is 1. The quantitative estimate of drug-likeness (QED) is 0.680. The van der Waals surface area contributed by atoms with Crippen molar-refractivity contribution >= 4 is 22.0 Å². The highest BCUT2D eigenvalue weighted by molar-refractivity contribution is 7.89. The van der Waals surface area contributed by atoms with Gasteiger partial charge in [-0.3, -0.25) is 4.79 Å². The smallest absolute Gasteiger partial charge is 0.335 e. The van der Waals surface area contributed by atoms with Gasteiger partial charge in [-0.05, 0) is 18.2 Å². The average molecular weight is 314 g/mol. The van der Waals surface area contributed by atoms with Crippen LogP contribution >= 0.6 is 0 Å². The maximum absolute atomic E-state index is 12.4. The SMILES string of the molecule is O=C(O)c1cccc(S(=O)(=O)N2CCN[C@@H](C(=O)O)C2)c1. The third-order valence-electron chi connectivity index (χ3n) is 3.16. The second-order valence-electron chi connectivity index (χ2n) is 4.54. The van der Waals surface area contributed by atoms with Crippen LogP contribution in [-0.4, -0.2) is 60.6 Å². The fraction of sp³-hybridized carbons (Fsp3) is 0.333. The Balaban J connectivity index is 2.31. The molecule has 1 heterocycles. The van der Waals surface area contributed by atoms with Gasteiger partial charge >= 0.3 is 11.9 Å². The minimum Gasteiger partial charge on any atom is -0.480 e. The maximum Gasteiger partial charge on any atom is 0.335 e. The van der Waals surface area contributed by atoms with Gasteiger partial charge in [-0.25, -0.2) is 13.2 Å². The van der Waals surface area contributed by atoms with Crippen LogP contribution in [0.5, 0.6) is 0 Å². The molecule has 1 aliphatic heterocycles. The molecule has 8 nitrogen and oxygen atoms in total. The highest BCUT2D eigenvalue weighted by atomic mass is 32.2. The Morgan fingerprint density at radius 1 is 1.29 bits per heavy atom. The third kappa shape index (κ3) is 3.20. The molecule has 1 saturated heterocycles.